The Morgan fingerprint density at radius 3 is 2.93 bits per heavy atom. The molecule has 0 spiro atoms. The van der Waals surface area contributed by atoms with Gasteiger partial charge < -0.3 is 4.98 Å². The number of aromatic nitrogens is 3. The van der Waals surface area contributed by atoms with E-state index >= 15 is 0 Å². The molecule has 1 N–H and O–H groups in total. The molecule has 14 heavy (non-hydrogen) atoms. The van der Waals surface area contributed by atoms with E-state index in [0.717, 1.165) is 5.52 Å². The fraction of sp³-hybridized carbons (Fsp3) is 0.300. The van der Waals surface area contributed by atoms with Crippen LogP contribution in [-0.4, -0.2) is 15.0 Å². The van der Waals surface area contributed by atoms with Crippen LogP contribution in [0, 0.1) is 0 Å². The Morgan fingerprint density at radius 1 is 1.43 bits per heavy atom. The first-order chi connectivity index (χ1) is 6.68. The molecule has 2 aromatic heterocycles. The van der Waals surface area contributed by atoms with Gasteiger partial charge in [-0.05, 0) is 12.1 Å². The average Bonchev–Trinajstić information content (AvgIpc) is 2.16. The summed E-state index contributed by atoms with van der Waals surface area (Å²) in [5.41, 5.74) is 1.69. The average molecular weight is 189 g/mol. The number of H-pyrrole nitrogens is 1. The molecule has 0 bridgehead atoms. The highest BCUT2D eigenvalue weighted by molar-refractivity contribution is 5.68. The summed E-state index contributed by atoms with van der Waals surface area (Å²) in [6.07, 6.45) is 1.63. The number of rotatable bonds is 1. The van der Waals surface area contributed by atoms with E-state index in [4.69, 9.17) is 0 Å². The smallest absolute Gasteiger partial charge is 0.271 e. The second-order valence-corrected chi connectivity index (χ2v) is 3.48. The van der Waals surface area contributed by atoms with Crippen LogP contribution in [0.15, 0.2) is 23.1 Å². The second kappa shape index (κ2) is 3.21. The summed E-state index contributed by atoms with van der Waals surface area (Å²) in [6.45, 7) is 3.89. The van der Waals surface area contributed by atoms with Crippen LogP contribution in [0.2, 0.25) is 0 Å². The highest BCUT2D eigenvalue weighted by Crippen LogP contribution is 2.09. The number of fused-ring (bicyclic) bond motifs is 1. The van der Waals surface area contributed by atoms with Crippen molar-refractivity contribution >= 4 is 11.2 Å². The molecule has 2 aromatic rings. The molecule has 72 valence electrons. The fourth-order valence-corrected chi connectivity index (χ4v) is 1.33. The third kappa shape index (κ3) is 1.39. The molecule has 2 heterocycles. The van der Waals surface area contributed by atoms with Gasteiger partial charge in [-0.15, -0.1) is 0 Å². The van der Waals surface area contributed by atoms with Crippen LogP contribution < -0.4 is 5.56 Å². The molecule has 0 amide bonds. The van der Waals surface area contributed by atoms with Crippen LogP contribution in [0.5, 0.6) is 0 Å². The first kappa shape index (κ1) is 8.87. The van der Waals surface area contributed by atoms with Gasteiger partial charge in [0.25, 0.3) is 5.56 Å². The Balaban J connectivity index is 2.78. The quantitative estimate of drug-likeness (QED) is 0.738. The predicted octanol–water partition coefficient (Wildman–Crippen LogP) is 1.44. The summed E-state index contributed by atoms with van der Waals surface area (Å²) in [4.78, 5) is 22.5. The minimum absolute atomic E-state index is 0.128. The lowest BCUT2D eigenvalue weighted by Crippen LogP contribution is -2.16. The van der Waals surface area contributed by atoms with Crippen molar-refractivity contribution < 1.29 is 0 Å². The molecular formula is C10H11N3O. The molecule has 2 rings (SSSR count). The van der Waals surface area contributed by atoms with Crippen molar-refractivity contribution in [3.63, 3.8) is 0 Å². The van der Waals surface area contributed by atoms with Gasteiger partial charge in [0.1, 0.15) is 11.2 Å². The summed E-state index contributed by atoms with van der Waals surface area (Å²) in [5, 5.41) is 0. The summed E-state index contributed by atoms with van der Waals surface area (Å²) in [6, 6.07) is 3.64. The van der Waals surface area contributed by atoms with Crippen molar-refractivity contribution in [2.75, 3.05) is 0 Å². The normalized spacial score (nSPS) is 11.1. The Morgan fingerprint density at radius 2 is 2.21 bits per heavy atom. The lowest BCUT2D eigenvalue weighted by Gasteiger charge is -2.03. The third-order valence-corrected chi connectivity index (χ3v) is 2.04. The van der Waals surface area contributed by atoms with Crippen molar-refractivity contribution in [2.24, 2.45) is 0 Å². The molecule has 0 unspecified atom stereocenters. The van der Waals surface area contributed by atoms with E-state index in [-0.39, 0.29) is 11.5 Å². The number of nitrogens with one attached hydrogen (secondary N) is 1. The third-order valence-electron chi connectivity index (χ3n) is 2.04. The number of hydrogen-bond acceptors (Lipinski definition) is 3. The van der Waals surface area contributed by atoms with Crippen LogP contribution >= 0.6 is 0 Å². The van der Waals surface area contributed by atoms with Crippen molar-refractivity contribution in [2.45, 2.75) is 19.8 Å². The van der Waals surface area contributed by atoms with Crippen molar-refractivity contribution in [1.82, 2.24) is 15.0 Å². The minimum Gasteiger partial charge on any atom is -0.304 e. The van der Waals surface area contributed by atoms with E-state index in [1.165, 1.54) is 0 Å². The van der Waals surface area contributed by atoms with Gasteiger partial charge in [-0.1, -0.05) is 13.8 Å². The van der Waals surface area contributed by atoms with Gasteiger partial charge in [0, 0.05) is 12.1 Å². The zero-order chi connectivity index (χ0) is 10.1. The summed E-state index contributed by atoms with van der Waals surface area (Å²) < 4.78 is 0. The maximum atomic E-state index is 11.5. The topological polar surface area (TPSA) is 58.6 Å². The molecule has 4 heteroatoms. The molecule has 0 fully saturated rings. The molecule has 0 aliphatic rings. The Bertz CT molecular complexity index is 516. The number of pyridine rings is 1. The molecule has 0 aliphatic heterocycles. The van der Waals surface area contributed by atoms with Crippen LogP contribution in [0.1, 0.15) is 25.5 Å². The first-order valence-corrected chi connectivity index (χ1v) is 4.53. The Kier molecular flexibility index (Phi) is 2.04. The van der Waals surface area contributed by atoms with Crippen LogP contribution in [0.3, 0.4) is 0 Å². The van der Waals surface area contributed by atoms with E-state index < -0.39 is 0 Å². The Labute approximate surface area is 81.0 Å². The van der Waals surface area contributed by atoms with Gasteiger partial charge in [0.05, 0.1) is 0 Å². The molecule has 0 radical (unpaired) electrons. The second-order valence-electron chi connectivity index (χ2n) is 3.48. The molecule has 0 atom stereocenters. The maximum absolute atomic E-state index is 11.5. The zero-order valence-electron chi connectivity index (χ0n) is 8.11. The van der Waals surface area contributed by atoms with Gasteiger partial charge in [-0.3, -0.25) is 4.79 Å². The van der Waals surface area contributed by atoms with Crippen molar-refractivity contribution in [3.05, 3.63) is 34.4 Å². The van der Waals surface area contributed by atoms with Crippen LogP contribution in [-0.2, 0) is 0 Å². The van der Waals surface area contributed by atoms with E-state index in [1.807, 2.05) is 19.9 Å². The summed E-state index contributed by atoms with van der Waals surface area (Å²) in [7, 11) is 0. The van der Waals surface area contributed by atoms with Gasteiger partial charge in [-0.2, -0.15) is 0 Å². The number of aromatic amines is 1. The molecule has 4 nitrogen and oxygen atoms in total. The standard InChI is InChI=1S/C10H11N3O/c1-6(2)8-10(14)13-9-7(12-8)4-3-5-11-9/h3-6H,1-2H3,(H,11,13,14). The monoisotopic (exact) mass is 189 g/mol. The van der Waals surface area contributed by atoms with Crippen molar-refractivity contribution in [1.29, 1.82) is 0 Å². The van der Waals surface area contributed by atoms with Crippen LogP contribution in [0.4, 0.5) is 0 Å². The van der Waals surface area contributed by atoms with Gasteiger partial charge >= 0.3 is 0 Å². The van der Waals surface area contributed by atoms with E-state index in [2.05, 4.69) is 15.0 Å². The van der Waals surface area contributed by atoms with Gasteiger partial charge in [0.15, 0.2) is 5.65 Å². The maximum Gasteiger partial charge on any atom is 0.271 e. The minimum atomic E-state index is -0.147. The van der Waals surface area contributed by atoms with E-state index in [1.54, 1.807) is 12.3 Å². The SMILES string of the molecule is CC(C)c1nc2cccnc2[nH]c1=O. The van der Waals surface area contributed by atoms with Crippen LogP contribution in [0.25, 0.3) is 11.2 Å². The molecular weight excluding hydrogens is 178 g/mol. The first-order valence-electron chi connectivity index (χ1n) is 4.53. The molecule has 0 aromatic carbocycles. The van der Waals surface area contributed by atoms with Gasteiger partial charge in [-0.25, -0.2) is 9.97 Å². The van der Waals surface area contributed by atoms with E-state index in [0.29, 0.717) is 11.3 Å². The number of nitrogens with zero attached hydrogens (tertiary/aromatic N) is 2. The lowest BCUT2D eigenvalue weighted by molar-refractivity contribution is 0.806. The summed E-state index contributed by atoms with van der Waals surface area (Å²) in [5.74, 6) is 0.128. The highest BCUT2D eigenvalue weighted by Gasteiger charge is 2.08. The van der Waals surface area contributed by atoms with Crippen molar-refractivity contribution in [3.8, 4) is 0 Å². The number of hydrogen-bond donors (Lipinski definition) is 1. The zero-order valence-corrected chi connectivity index (χ0v) is 8.11. The summed E-state index contributed by atoms with van der Waals surface area (Å²) >= 11 is 0. The van der Waals surface area contributed by atoms with E-state index in [9.17, 15) is 4.79 Å². The lowest BCUT2D eigenvalue weighted by atomic mass is 10.1. The molecule has 0 saturated heterocycles. The predicted molar refractivity (Wildman–Crippen MR) is 54.2 cm³/mol. The highest BCUT2D eigenvalue weighted by atomic mass is 16.1. The Hall–Kier alpha value is -1.71. The molecule has 0 saturated carbocycles. The molecule has 0 aliphatic carbocycles. The van der Waals surface area contributed by atoms with Gasteiger partial charge in [0.2, 0.25) is 0 Å². The fourth-order valence-electron chi connectivity index (χ4n) is 1.33. The largest absolute Gasteiger partial charge is 0.304 e.